The number of rotatable bonds is 10. The summed E-state index contributed by atoms with van der Waals surface area (Å²) in [5.41, 5.74) is 13.4. The maximum Gasteiger partial charge on any atom is 0.169 e. The second-order valence-corrected chi connectivity index (χ2v) is 6.38. The lowest BCUT2D eigenvalue weighted by atomic mass is 10.2. The van der Waals surface area contributed by atoms with E-state index in [1.807, 2.05) is 6.07 Å². The number of nitrogen functional groups attached to an aromatic ring is 2. The zero-order chi connectivity index (χ0) is 18.9. The average Bonchev–Trinajstić information content (AvgIpc) is 3.01. The van der Waals surface area contributed by atoms with Crippen molar-refractivity contribution in [3.8, 4) is 0 Å². The molecular weight excluding hydrogens is 352 g/mol. The Hall–Kier alpha value is -2.98. The number of anilines is 3. The molecule has 0 aliphatic heterocycles. The quantitative estimate of drug-likeness (QED) is 0.272. The molecule has 10 heteroatoms. The molecule has 26 heavy (non-hydrogen) atoms. The number of thiophene rings is 1. The largest absolute Gasteiger partial charge is 0.398 e. The van der Waals surface area contributed by atoms with Gasteiger partial charge >= 0.3 is 0 Å². The molecule has 0 atom stereocenters. The van der Waals surface area contributed by atoms with Crippen LogP contribution in [-0.4, -0.2) is 42.7 Å². The molecule has 2 rings (SSSR count). The molecule has 0 saturated heterocycles. The molecule has 2 aromatic rings. The Labute approximate surface area is 155 Å². The summed E-state index contributed by atoms with van der Waals surface area (Å²) in [5.74, 6) is 0.692. The van der Waals surface area contributed by atoms with Crippen LogP contribution in [0.5, 0.6) is 0 Å². The Balaban J connectivity index is 2.12. The minimum atomic E-state index is 0.266. The van der Waals surface area contributed by atoms with Gasteiger partial charge in [0.1, 0.15) is 0 Å². The second kappa shape index (κ2) is 9.49. The second-order valence-electron chi connectivity index (χ2n) is 5.21. The van der Waals surface area contributed by atoms with Gasteiger partial charge in [0, 0.05) is 42.7 Å². The standard InChI is InChI=1S/C16H22N8OS/c1-25-3-2-21-7-10(5-17)13-9-22-15(20)16(24-13)23-8-11-4-12(19)14(6-18)26-11/h4-7,9,17-18,21H,2-3,8,19H2,1H3,(H2,20,22)(H,23,24)/b10-7+,17-5?,18-6?. The lowest BCUT2D eigenvalue weighted by Gasteiger charge is -2.09. The van der Waals surface area contributed by atoms with E-state index in [-0.39, 0.29) is 5.82 Å². The number of aromatic nitrogens is 2. The Morgan fingerprint density at radius 1 is 1.38 bits per heavy atom. The molecule has 2 heterocycles. The van der Waals surface area contributed by atoms with E-state index in [1.165, 1.54) is 30.0 Å². The number of allylic oxidation sites excluding steroid dienone is 1. The summed E-state index contributed by atoms with van der Waals surface area (Å²) in [4.78, 5) is 10.3. The monoisotopic (exact) mass is 374 g/mol. The molecule has 0 spiro atoms. The van der Waals surface area contributed by atoms with Crippen molar-refractivity contribution in [1.82, 2.24) is 15.3 Å². The first-order valence-corrected chi connectivity index (χ1v) is 8.59. The number of ether oxygens (including phenoxy) is 1. The summed E-state index contributed by atoms with van der Waals surface area (Å²) in [7, 11) is 1.62. The fourth-order valence-corrected chi connectivity index (χ4v) is 2.89. The van der Waals surface area contributed by atoms with Gasteiger partial charge in [-0.05, 0) is 6.07 Å². The third-order valence-corrected chi connectivity index (χ3v) is 4.46. The molecule has 138 valence electrons. The third kappa shape index (κ3) is 5.01. The smallest absolute Gasteiger partial charge is 0.169 e. The molecule has 0 saturated carbocycles. The molecule has 0 aliphatic carbocycles. The van der Waals surface area contributed by atoms with Gasteiger partial charge in [-0.25, -0.2) is 9.97 Å². The molecule has 0 bridgehead atoms. The van der Waals surface area contributed by atoms with Crippen molar-refractivity contribution in [2.24, 2.45) is 0 Å². The average molecular weight is 374 g/mol. The molecule has 0 radical (unpaired) electrons. The highest BCUT2D eigenvalue weighted by molar-refractivity contribution is 7.14. The maximum absolute atomic E-state index is 7.57. The van der Waals surface area contributed by atoms with Crippen LogP contribution >= 0.6 is 11.3 Å². The first-order chi connectivity index (χ1) is 12.6. The summed E-state index contributed by atoms with van der Waals surface area (Å²) >= 11 is 1.43. The maximum atomic E-state index is 7.57. The van der Waals surface area contributed by atoms with Crippen LogP contribution < -0.4 is 22.1 Å². The number of nitrogens with zero attached hydrogens (tertiary/aromatic N) is 2. The van der Waals surface area contributed by atoms with Crippen molar-refractivity contribution < 1.29 is 4.74 Å². The topological polar surface area (TPSA) is 159 Å². The van der Waals surface area contributed by atoms with Crippen LogP contribution in [0.2, 0.25) is 0 Å². The summed E-state index contributed by atoms with van der Waals surface area (Å²) in [6.45, 7) is 1.64. The van der Waals surface area contributed by atoms with Crippen LogP contribution in [0, 0.1) is 10.8 Å². The highest BCUT2D eigenvalue weighted by atomic mass is 32.1. The van der Waals surface area contributed by atoms with Gasteiger partial charge in [0.15, 0.2) is 11.6 Å². The first-order valence-electron chi connectivity index (χ1n) is 7.77. The van der Waals surface area contributed by atoms with E-state index in [4.69, 9.17) is 27.0 Å². The zero-order valence-corrected chi connectivity index (χ0v) is 15.2. The van der Waals surface area contributed by atoms with Crippen LogP contribution in [0.15, 0.2) is 18.5 Å². The lowest BCUT2D eigenvalue weighted by Crippen LogP contribution is -2.14. The van der Waals surface area contributed by atoms with Gasteiger partial charge in [-0.15, -0.1) is 11.3 Å². The van der Waals surface area contributed by atoms with Crippen molar-refractivity contribution in [3.63, 3.8) is 0 Å². The van der Waals surface area contributed by atoms with Gasteiger partial charge in [-0.1, -0.05) is 0 Å². The van der Waals surface area contributed by atoms with Crippen molar-refractivity contribution in [3.05, 3.63) is 33.9 Å². The van der Waals surface area contributed by atoms with Crippen LogP contribution in [0.25, 0.3) is 5.57 Å². The summed E-state index contributed by atoms with van der Waals surface area (Å²) in [5, 5.41) is 21.1. The highest BCUT2D eigenvalue weighted by Gasteiger charge is 2.09. The van der Waals surface area contributed by atoms with E-state index < -0.39 is 0 Å². The molecule has 0 fully saturated rings. The zero-order valence-electron chi connectivity index (χ0n) is 14.4. The number of nitrogens with two attached hydrogens (primary N) is 2. The van der Waals surface area contributed by atoms with Crippen molar-refractivity contribution in [1.29, 1.82) is 10.8 Å². The minimum absolute atomic E-state index is 0.266. The summed E-state index contributed by atoms with van der Waals surface area (Å²) in [6, 6.07) is 1.81. The Kier molecular flexibility index (Phi) is 7.06. The first kappa shape index (κ1) is 19.3. The van der Waals surface area contributed by atoms with Crippen molar-refractivity contribution in [2.45, 2.75) is 6.54 Å². The molecule has 0 aliphatic rings. The van der Waals surface area contributed by atoms with E-state index in [0.717, 1.165) is 4.88 Å². The Morgan fingerprint density at radius 2 is 2.19 bits per heavy atom. The van der Waals surface area contributed by atoms with Crippen molar-refractivity contribution in [2.75, 3.05) is 37.0 Å². The predicted octanol–water partition coefficient (Wildman–Crippen LogP) is 1.54. The molecule has 0 unspecified atom stereocenters. The fraction of sp³-hybridized carbons (Fsp3) is 0.250. The van der Waals surface area contributed by atoms with Gasteiger partial charge in [0.25, 0.3) is 0 Å². The molecule has 9 nitrogen and oxygen atoms in total. The lowest BCUT2D eigenvalue weighted by molar-refractivity contribution is 0.203. The van der Waals surface area contributed by atoms with E-state index >= 15 is 0 Å². The van der Waals surface area contributed by atoms with Crippen LogP contribution in [0.3, 0.4) is 0 Å². The molecule has 0 aromatic carbocycles. The van der Waals surface area contributed by atoms with Crippen LogP contribution in [-0.2, 0) is 11.3 Å². The summed E-state index contributed by atoms with van der Waals surface area (Å²) < 4.78 is 4.96. The van der Waals surface area contributed by atoms with Crippen LogP contribution in [0.1, 0.15) is 15.4 Å². The number of methoxy groups -OCH3 is 1. The SMILES string of the molecule is COCCN/C=C(\C=N)c1cnc(N)c(NCc2cc(N)c(C=N)s2)n1. The normalized spacial score (nSPS) is 11.2. The minimum Gasteiger partial charge on any atom is -0.398 e. The van der Waals surface area contributed by atoms with E-state index in [1.54, 1.807) is 13.3 Å². The van der Waals surface area contributed by atoms with Gasteiger partial charge in [0.2, 0.25) is 0 Å². The molecule has 0 amide bonds. The number of nitrogens with one attached hydrogen (secondary N) is 4. The number of hydrogen-bond donors (Lipinski definition) is 6. The third-order valence-electron chi connectivity index (χ3n) is 3.36. The molecular formula is C16H22N8OS. The fourth-order valence-electron chi connectivity index (χ4n) is 2.05. The van der Waals surface area contributed by atoms with Gasteiger partial charge in [-0.2, -0.15) is 0 Å². The van der Waals surface area contributed by atoms with Gasteiger partial charge in [-0.3, -0.25) is 0 Å². The molecule has 2 aromatic heterocycles. The highest BCUT2D eigenvalue weighted by Crippen LogP contribution is 2.24. The van der Waals surface area contributed by atoms with Gasteiger partial charge in [0.05, 0.1) is 35.6 Å². The van der Waals surface area contributed by atoms with Gasteiger partial charge < -0.3 is 37.7 Å². The predicted molar refractivity (Wildman–Crippen MR) is 107 cm³/mol. The summed E-state index contributed by atoms with van der Waals surface area (Å²) in [6.07, 6.45) is 5.63. The Morgan fingerprint density at radius 3 is 2.85 bits per heavy atom. The van der Waals surface area contributed by atoms with Crippen LogP contribution in [0.4, 0.5) is 17.3 Å². The Bertz CT molecular complexity index is 802. The van der Waals surface area contributed by atoms with E-state index in [0.29, 0.717) is 47.3 Å². The van der Waals surface area contributed by atoms with E-state index in [2.05, 4.69) is 20.6 Å². The molecule has 8 N–H and O–H groups in total. The number of hydrogen-bond acceptors (Lipinski definition) is 10. The van der Waals surface area contributed by atoms with Crippen molar-refractivity contribution >= 4 is 46.7 Å². The van der Waals surface area contributed by atoms with E-state index in [9.17, 15) is 0 Å².